The second-order valence-corrected chi connectivity index (χ2v) is 3.20. The summed E-state index contributed by atoms with van der Waals surface area (Å²) in [6, 6.07) is 5.80. The highest BCUT2D eigenvalue weighted by Gasteiger charge is 2.38. The summed E-state index contributed by atoms with van der Waals surface area (Å²) in [7, 11) is 0. The van der Waals surface area contributed by atoms with Crippen LogP contribution in [0, 0.1) is 6.07 Å². The third-order valence-corrected chi connectivity index (χ3v) is 2.64. The third-order valence-electron chi connectivity index (χ3n) is 2.64. The zero-order valence-electron chi connectivity index (χ0n) is 6.25. The van der Waals surface area contributed by atoms with Gasteiger partial charge in [0.15, 0.2) is 0 Å². The zero-order chi connectivity index (χ0) is 7.26. The van der Waals surface area contributed by atoms with Gasteiger partial charge in [0.2, 0.25) is 0 Å². The molecule has 0 amide bonds. The molecule has 1 aromatic rings. The maximum Gasteiger partial charge on any atom is 0.134 e. The zero-order valence-corrected chi connectivity index (χ0v) is 6.25. The Hall–Kier alpha value is -1.05. The molecule has 1 atom stereocenters. The first kappa shape index (κ1) is 5.58. The van der Waals surface area contributed by atoms with Crippen molar-refractivity contribution in [1.82, 2.24) is 4.98 Å². The van der Waals surface area contributed by atoms with Crippen LogP contribution < -0.4 is 4.90 Å². The molecule has 1 saturated heterocycles. The minimum Gasteiger partial charge on any atom is -0.349 e. The van der Waals surface area contributed by atoms with Crippen molar-refractivity contribution in [1.29, 1.82) is 0 Å². The first-order valence-electron chi connectivity index (χ1n) is 4.09. The summed E-state index contributed by atoms with van der Waals surface area (Å²) in [4.78, 5) is 6.67. The summed E-state index contributed by atoms with van der Waals surface area (Å²) < 4.78 is 0. The second-order valence-electron chi connectivity index (χ2n) is 3.20. The molecule has 1 aromatic heterocycles. The van der Waals surface area contributed by atoms with E-state index in [1.165, 1.54) is 30.8 Å². The standard InChI is InChI=1S/C9H9N2/c1-3-7-8-4-2-6-11(8)9(7)10-5-1/h3,5,8H,2,4,6H2. The van der Waals surface area contributed by atoms with Gasteiger partial charge in [0.1, 0.15) is 5.82 Å². The first-order chi connectivity index (χ1) is 5.47. The Morgan fingerprint density at radius 2 is 2.64 bits per heavy atom. The summed E-state index contributed by atoms with van der Waals surface area (Å²) in [6.07, 6.45) is 4.39. The smallest absolute Gasteiger partial charge is 0.134 e. The molecular formula is C9H9N2. The van der Waals surface area contributed by atoms with E-state index in [-0.39, 0.29) is 0 Å². The average Bonchev–Trinajstić information content (AvgIpc) is 2.44. The Bertz CT molecular complexity index is 266. The molecule has 2 nitrogen and oxygen atoms in total. The van der Waals surface area contributed by atoms with Crippen molar-refractivity contribution >= 4 is 5.82 Å². The lowest BCUT2D eigenvalue weighted by Crippen LogP contribution is -2.33. The minimum absolute atomic E-state index is 0.690. The Morgan fingerprint density at radius 3 is 3.64 bits per heavy atom. The van der Waals surface area contributed by atoms with Crippen LogP contribution in [0.2, 0.25) is 0 Å². The van der Waals surface area contributed by atoms with Crippen LogP contribution in [0.25, 0.3) is 0 Å². The van der Waals surface area contributed by atoms with Gasteiger partial charge in [0.05, 0.1) is 6.04 Å². The van der Waals surface area contributed by atoms with Crippen molar-refractivity contribution in [3.63, 3.8) is 0 Å². The van der Waals surface area contributed by atoms with E-state index in [0.29, 0.717) is 6.04 Å². The highest BCUT2D eigenvalue weighted by molar-refractivity contribution is 5.61. The highest BCUT2D eigenvalue weighted by atomic mass is 15.3. The lowest BCUT2D eigenvalue weighted by Gasteiger charge is -2.37. The van der Waals surface area contributed by atoms with Crippen molar-refractivity contribution in [2.75, 3.05) is 11.4 Å². The molecule has 1 radical (unpaired) electrons. The van der Waals surface area contributed by atoms with E-state index in [1.807, 2.05) is 0 Å². The van der Waals surface area contributed by atoms with Crippen LogP contribution in [0.5, 0.6) is 0 Å². The Labute approximate surface area is 65.9 Å². The molecule has 3 rings (SSSR count). The summed E-state index contributed by atoms with van der Waals surface area (Å²) >= 11 is 0. The largest absolute Gasteiger partial charge is 0.349 e. The van der Waals surface area contributed by atoms with Crippen LogP contribution in [0.4, 0.5) is 5.82 Å². The maximum absolute atomic E-state index is 4.28. The summed E-state index contributed by atoms with van der Waals surface area (Å²) in [5.41, 5.74) is 1.41. The summed E-state index contributed by atoms with van der Waals surface area (Å²) in [5, 5.41) is 0. The molecule has 11 heavy (non-hydrogen) atoms. The van der Waals surface area contributed by atoms with E-state index in [9.17, 15) is 0 Å². The molecule has 55 valence electrons. The molecule has 0 spiro atoms. The number of nitrogens with zero attached hydrogens (tertiary/aromatic N) is 2. The van der Waals surface area contributed by atoms with Gasteiger partial charge in [-0.05, 0) is 18.9 Å². The molecule has 2 aliphatic heterocycles. The number of hydrogen-bond acceptors (Lipinski definition) is 2. The van der Waals surface area contributed by atoms with Crippen LogP contribution in [0.1, 0.15) is 24.4 Å². The predicted molar refractivity (Wildman–Crippen MR) is 42.4 cm³/mol. The fraction of sp³-hybridized carbons (Fsp3) is 0.444. The van der Waals surface area contributed by atoms with Crippen molar-refractivity contribution < 1.29 is 0 Å². The van der Waals surface area contributed by atoms with Crippen molar-refractivity contribution in [3.05, 3.63) is 23.9 Å². The van der Waals surface area contributed by atoms with E-state index in [4.69, 9.17) is 0 Å². The molecule has 0 aromatic carbocycles. The Kier molecular flexibility index (Phi) is 0.891. The monoisotopic (exact) mass is 145 g/mol. The van der Waals surface area contributed by atoms with Crippen LogP contribution in [-0.4, -0.2) is 11.5 Å². The minimum atomic E-state index is 0.690. The topological polar surface area (TPSA) is 16.1 Å². The lowest BCUT2D eigenvalue weighted by atomic mass is 9.98. The van der Waals surface area contributed by atoms with Crippen LogP contribution >= 0.6 is 0 Å². The van der Waals surface area contributed by atoms with Gasteiger partial charge in [-0.1, -0.05) is 0 Å². The lowest BCUT2D eigenvalue weighted by molar-refractivity contribution is 0.643. The van der Waals surface area contributed by atoms with Crippen LogP contribution in [-0.2, 0) is 0 Å². The maximum atomic E-state index is 4.28. The van der Waals surface area contributed by atoms with Crippen molar-refractivity contribution in [2.45, 2.75) is 18.9 Å². The molecule has 0 bridgehead atoms. The van der Waals surface area contributed by atoms with Crippen molar-refractivity contribution in [3.8, 4) is 0 Å². The first-order valence-corrected chi connectivity index (χ1v) is 4.09. The number of anilines is 1. The van der Waals surface area contributed by atoms with Crippen molar-refractivity contribution in [2.24, 2.45) is 0 Å². The van der Waals surface area contributed by atoms with Crippen LogP contribution in [0.3, 0.4) is 0 Å². The molecule has 1 unspecified atom stereocenters. The van der Waals surface area contributed by atoms with Gasteiger partial charge in [0.25, 0.3) is 0 Å². The predicted octanol–water partition coefficient (Wildman–Crippen LogP) is 1.54. The number of rotatable bonds is 0. The average molecular weight is 145 g/mol. The molecule has 1 fully saturated rings. The quantitative estimate of drug-likeness (QED) is 0.550. The van der Waals surface area contributed by atoms with Gasteiger partial charge >= 0.3 is 0 Å². The van der Waals surface area contributed by atoms with Gasteiger partial charge in [-0.15, -0.1) is 0 Å². The van der Waals surface area contributed by atoms with Gasteiger partial charge in [-0.25, -0.2) is 4.98 Å². The second kappa shape index (κ2) is 1.76. The molecule has 2 aliphatic rings. The SMILES string of the molecule is [c]1cnc2c(c1)C1CCCN21. The number of pyridine rings is 1. The van der Waals surface area contributed by atoms with Gasteiger partial charge in [-0.3, -0.25) is 0 Å². The van der Waals surface area contributed by atoms with E-state index in [0.717, 1.165) is 0 Å². The fourth-order valence-electron chi connectivity index (χ4n) is 2.13. The van der Waals surface area contributed by atoms with Crippen LogP contribution in [0.15, 0.2) is 12.3 Å². The highest BCUT2D eigenvalue weighted by Crippen LogP contribution is 2.47. The Morgan fingerprint density at radius 1 is 1.64 bits per heavy atom. The van der Waals surface area contributed by atoms with E-state index in [1.54, 1.807) is 6.20 Å². The molecule has 0 saturated carbocycles. The summed E-state index contributed by atoms with van der Waals surface area (Å²) in [6.45, 7) is 1.20. The van der Waals surface area contributed by atoms with Gasteiger partial charge in [-0.2, -0.15) is 0 Å². The van der Waals surface area contributed by atoms with Gasteiger partial charge < -0.3 is 4.90 Å². The molecule has 3 heterocycles. The Balaban J connectivity index is 2.13. The molecular weight excluding hydrogens is 136 g/mol. The summed E-state index contributed by atoms with van der Waals surface area (Å²) in [5.74, 6) is 1.20. The van der Waals surface area contributed by atoms with Gasteiger partial charge in [0, 0.05) is 24.4 Å². The normalized spacial score (nSPS) is 25.8. The number of hydrogen-bond donors (Lipinski definition) is 0. The molecule has 0 aliphatic carbocycles. The van der Waals surface area contributed by atoms with E-state index in [2.05, 4.69) is 22.0 Å². The molecule has 2 heteroatoms. The number of aromatic nitrogens is 1. The molecule has 0 N–H and O–H groups in total. The third kappa shape index (κ3) is 0.553. The van der Waals surface area contributed by atoms with E-state index >= 15 is 0 Å². The number of fused-ring (bicyclic) bond motifs is 4. The fourth-order valence-corrected chi connectivity index (χ4v) is 2.13. The van der Waals surface area contributed by atoms with E-state index < -0.39 is 0 Å².